The summed E-state index contributed by atoms with van der Waals surface area (Å²) >= 11 is 6.05. The van der Waals surface area contributed by atoms with Crippen LogP contribution in [0.15, 0.2) is 18.3 Å². The number of anilines is 2. The van der Waals surface area contributed by atoms with Crippen LogP contribution in [0.25, 0.3) is 0 Å². The Morgan fingerprint density at radius 3 is 3.00 bits per heavy atom. The fraction of sp³-hybridized carbons (Fsp3) is 0.421. The van der Waals surface area contributed by atoms with Gasteiger partial charge in [-0.25, -0.2) is 9.78 Å². The Morgan fingerprint density at radius 1 is 1.41 bits per heavy atom. The van der Waals surface area contributed by atoms with Crippen molar-refractivity contribution in [2.75, 3.05) is 36.1 Å². The Kier molecular flexibility index (Phi) is 4.65. The standard InChI is InChI=1S/C19H21ClN4O3/c1-11-3-4-14(18(25)26)15(12(11)2)9-23-8-13-10-27-6-5-24(13)17-16(23)7-21-19(20)22-17/h3-4,7,13H,5-6,8-10H2,1-2H3,(H,25,26)/t13-/m1/s1. The van der Waals surface area contributed by atoms with E-state index >= 15 is 0 Å². The summed E-state index contributed by atoms with van der Waals surface area (Å²) in [4.78, 5) is 24.7. The highest BCUT2D eigenvalue weighted by molar-refractivity contribution is 6.28. The highest BCUT2D eigenvalue weighted by Gasteiger charge is 2.35. The largest absolute Gasteiger partial charge is 0.478 e. The van der Waals surface area contributed by atoms with Crippen molar-refractivity contribution >= 4 is 29.1 Å². The monoisotopic (exact) mass is 388 g/mol. The molecule has 0 saturated carbocycles. The molecule has 0 amide bonds. The van der Waals surface area contributed by atoms with Gasteiger partial charge in [0.2, 0.25) is 5.28 Å². The molecule has 2 aliphatic heterocycles. The highest BCUT2D eigenvalue weighted by Crippen LogP contribution is 2.36. The van der Waals surface area contributed by atoms with E-state index in [9.17, 15) is 9.90 Å². The second-order valence-electron chi connectivity index (χ2n) is 6.99. The molecule has 0 radical (unpaired) electrons. The van der Waals surface area contributed by atoms with Gasteiger partial charge in [0.05, 0.1) is 36.7 Å². The Morgan fingerprint density at radius 2 is 2.22 bits per heavy atom. The summed E-state index contributed by atoms with van der Waals surface area (Å²) in [6, 6.07) is 3.68. The van der Waals surface area contributed by atoms with Crippen molar-refractivity contribution in [1.82, 2.24) is 9.97 Å². The minimum absolute atomic E-state index is 0.149. The Balaban J connectivity index is 1.77. The van der Waals surface area contributed by atoms with Crippen molar-refractivity contribution in [2.24, 2.45) is 0 Å². The number of morpholine rings is 1. The molecule has 0 aliphatic carbocycles. The number of aromatic carboxylic acids is 1. The molecule has 1 atom stereocenters. The van der Waals surface area contributed by atoms with Crippen LogP contribution in [0.1, 0.15) is 27.0 Å². The van der Waals surface area contributed by atoms with Gasteiger partial charge in [-0.15, -0.1) is 0 Å². The molecule has 1 aromatic heterocycles. The molecule has 2 aliphatic rings. The quantitative estimate of drug-likeness (QED) is 0.810. The minimum Gasteiger partial charge on any atom is -0.478 e. The van der Waals surface area contributed by atoms with Gasteiger partial charge in [0, 0.05) is 19.6 Å². The SMILES string of the molecule is Cc1ccc(C(=O)O)c(CN2C[C@@H]3COCCN3c3nc(Cl)ncc32)c1C. The normalized spacial score (nSPS) is 18.9. The first-order valence-corrected chi connectivity index (χ1v) is 9.27. The lowest BCUT2D eigenvalue weighted by Crippen LogP contribution is -2.55. The van der Waals surface area contributed by atoms with Crippen LogP contribution in [0, 0.1) is 13.8 Å². The third-order valence-corrected chi connectivity index (χ3v) is 5.62. The van der Waals surface area contributed by atoms with Crippen LogP contribution >= 0.6 is 11.6 Å². The van der Waals surface area contributed by atoms with Crippen LogP contribution in [-0.2, 0) is 11.3 Å². The predicted molar refractivity (Wildman–Crippen MR) is 103 cm³/mol. The first kappa shape index (κ1) is 18.0. The number of nitrogens with zero attached hydrogens (tertiary/aromatic N) is 4. The molecular weight excluding hydrogens is 368 g/mol. The fourth-order valence-corrected chi connectivity index (χ4v) is 3.97. The molecule has 0 unspecified atom stereocenters. The fourth-order valence-electron chi connectivity index (χ4n) is 3.84. The number of aryl methyl sites for hydroxylation is 1. The Labute approximate surface area is 162 Å². The minimum atomic E-state index is -0.916. The molecule has 27 heavy (non-hydrogen) atoms. The number of rotatable bonds is 3. The molecular formula is C19H21ClN4O3. The number of carboxylic acid groups (broad SMARTS) is 1. The third-order valence-electron chi connectivity index (χ3n) is 5.44. The lowest BCUT2D eigenvalue weighted by molar-refractivity contribution is 0.0695. The van der Waals surface area contributed by atoms with Gasteiger partial charge >= 0.3 is 5.97 Å². The number of hydrogen-bond acceptors (Lipinski definition) is 6. The zero-order valence-electron chi connectivity index (χ0n) is 15.3. The smallest absolute Gasteiger partial charge is 0.336 e. The molecule has 3 heterocycles. The number of aromatic nitrogens is 2. The summed E-state index contributed by atoms with van der Waals surface area (Å²) in [5.41, 5.74) is 4.08. The lowest BCUT2D eigenvalue weighted by Gasteiger charge is -2.45. The van der Waals surface area contributed by atoms with Gasteiger partial charge < -0.3 is 19.6 Å². The maximum absolute atomic E-state index is 11.8. The van der Waals surface area contributed by atoms with Crippen molar-refractivity contribution in [1.29, 1.82) is 0 Å². The van der Waals surface area contributed by atoms with Crippen LogP contribution in [0.4, 0.5) is 11.5 Å². The molecule has 8 heteroatoms. The first-order valence-electron chi connectivity index (χ1n) is 8.90. The molecule has 0 spiro atoms. The number of hydrogen-bond donors (Lipinski definition) is 1. The summed E-state index contributed by atoms with van der Waals surface area (Å²) in [5, 5.41) is 9.85. The summed E-state index contributed by atoms with van der Waals surface area (Å²) in [6.45, 7) is 7.16. The highest BCUT2D eigenvalue weighted by atomic mass is 35.5. The van der Waals surface area contributed by atoms with E-state index in [1.54, 1.807) is 12.3 Å². The molecule has 1 aromatic carbocycles. The topological polar surface area (TPSA) is 78.8 Å². The lowest BCUT2D eigenvalue weighted by atomic mass is 9.96. The van der Waals surface area contributed by atoms with Crippen molar-refractivity contribution in [3.8, 4) is 0 Å². The summed E-state index contributed by atoms with van der Waals surface area (Å²) in [6.07, 6.45) is 1.72. The second kappa shape index (κ2) is 6.98. The van der Waals surface area contributed by atoms with E-state index in [1.807, 2.05) is 19.9 Å². The Bertz CT molecular complexity index is 905. The second-order valence-corrected chi connectivity index (χ2v) is 7.33. The van der Waals surface area contributed by atoms with Crippen molar-refractivity contribution in [3.63, 3.8) is 0 Å². The van der Waals surface area contributed by atoms with Crippen molar-refractivity contribution < 1.29 is 14.6 Å². The number of halogens is 1. The molecule has 1 saturated heterocycles. The zero-order chi connectivity index (χ0) is 19.1. The van der Waals surface area contributed by atoms with Crippen LogP contribution in [0.3, 0.4) is 0 Å². The van der Waals surface area contributed by atoms with E-state index in [4.69, 9.17) is 16.3 Å². The van der Waals surface area contributed by atoms with E-state index in [0.29, 0.717) is 31.9 Å². The first-order chi connectivity index (χ1) is 13.0. The predicted octanol–water partition coefficient (Wildman–Crippen LogP) is 2.67. The van der Waals surface area contributed by atoms with E-state index < -0.39 is 5.97 Å². The number of ether oxygens (including phenoxy) is 1. The summed E-state index contributed by atoms with van der Waals surface area (Å²) in [5.74, 6) is -0.128. The van der Waals surface area contributed by atoms with E-state index in [2.05, 4.69) is 19.8 Å². The number of benzene rings is 1. The van der Waals surface area contributed by atoms with Crippen LogP contribution < -0.4 is 9.80 Å². The van der Waals surface area contributed by atoms with E-state index in [0.717, 1.165) is 34.7 Å². The van der Waals surface area contributed by atoms with Crippen LogP contribution in [0.5, 0.6) is 0 Å². The molecule has 142 valence electrons. The van der Waals surface area contributed by atoms with Crippen molar-refractivity contribution in [3.05, 3.63) is 45.9 Å². The van der Waals surface area contributed by atoms with Gasteiger partial charge in [-0.2, -0.15) is 4.98 Å². The average Bonchev–Trinajstić information content (AvgIpc) is 2.65. The summed E-state index contributed by atoms with van der Waals surface area (Å²) < 4.78 is 5.65. The van der Waals surface area contributed by atoms with Gasteiger partial charge in [-0.1, -0.05) is 6.07 Å². The number of carboxylic acids is 1. The summed E-state index contributed by atoms with van der Waals surface area (Å²) in [7, 11) is 0. The van der Waals surface area contributed by atoms with Crippen molar-refractivity contribution in [2.45, 2.75) is 26.4 Å². The molecule has 1 N–H and O–H groups in total. The van der Waals surface area contributed by atoms with Gasteiger partial charge in [0.15, 0.2) is 5.82 Å². The molecule has 2 aromatic rings. The Hall–Kier alpha value is -2.38. The molecule has 1 fully saturated rings. The number of fused-ring (bicyclic) bond motifs is 3. The maximum Gasteiger partial charge on any atom is 0.336 e. The zero-order valence-corrected chi connectivity index (χ0v) is 16.0. The molecule has 7 nitrogen and oxygen atoms in total. The van der Waals surface area contributed by atoms with Gasteiger partial charge in [-0.05, 0) is 48.2 Å². The maximum atomic E-state index is 11.8. The average molecular weight is 389 g/mol. The third kappa shape index (κ3) is 3.21. The van der Waals surface area contributed by atoms with E-state index in [-0.39, 0.29) is 11.3 Å². The number of carbonyl (C=O) groups is 1. The molecule has 0 bridgehead atoms. The van der Waals surface area contributed by atoms with Gasteiger partial charge in [0.25, 0.3) is 0 Å². The van der Waals surface area contributed by atoms with Crippen LogP contribution in [0.2, 0.25) is 5.28 Å². The molecule has 4 rings (SSSR count). The van der Waals surface area contributed by atoms with Gasteiger partial charge in [-0.3, -0.25) is 0 Å². The van der Waals surface area contributed by atoms with E-state index in [1.165, 1.54) is 0 Å². The van der Waals surface area contributed by atoms with Gasteiger partial charge in [0.1, 0.15) is 0 Å². The van der Waals surface area contributed by atoms with Crippen LogP contribution in [-0.4, -0.2) is 53.4 Å².